The molecule has 1 aliphatic carbocycles. The Morgan fingerprint density at radius 1 is 1.18 bits per heavy atom. The molecule has 0 amide bonds. The van der Waals surface area contributed by atoms with Crippen LogP contribution in [-0.2, 0) is 11.2 Å². The van der Waals surface area contributed by atoms with Crippen LogP contribution in [0.5, 0.6) is 5.88 Å². The first-order chi connectivity index (χ1) is 10.6. The molecule has 3 nitrogen and oxygen atoms in total. The van der Waals surface area contributed by atoms with Crippen molar-refractivity contribution < 1.29 is 9.53 Å². The number of methoxy groups -OCH3 is 1. The molecule has 2 atom stereocenters. The van der Waals surface area contributed by atoms with Gasteiger partial charge in [0.15, 0.2) is 0 Å². The molecule has 3 rings (SSSR count). The number of pyridine rings is 1. The maximum atomic E-state index is 12.8. The average Bonchev–Trinajstić information content (AvgIpc) is 3.11. The number of benzene rings is 1. The van der Waals surface area contributed by atoms with E-state index in [2.05, 4.69) is 31.0 Å². The fourth-order valence-corrected chi connectivity index (χ4v) is 3.56. The van der Waals surface area contributed by atoms with Crippen LogP contribution in [0.2, 0.25) is 0 Å². The van der Waals surface area contributed by atoms with Gasteiger partial charge in [0.1, 0.15) is 5.78 Å². The van der Waals surface area contributed by atoms with Gasteiger partial charge >= 0.3 is 0 Å². The second-order valence-electron chi connectivity index (χ2n) is 6.50. The molecule has 1 aliphatic rings. The lowest BCUT2D eigenvalue weighted by atomic mass is 10.0. The molecule has 0 radical (unpaired) electrons. The molecular formula is C19H21NO2. The standard InChI is InChI=1S/C19H21NO2/c1-19(2)16(13-8-5-4-6-9-13)17(19)15(21)12-14-10-7-11-20-18(14)22-3/h4-11,16-17H,12H2,1-3H3/t16-,17-/m1/s1. The average molecular weight is 295 g/mol. The first-order valence-corrected chi connectivity index (χ1v) is 7.61. The van der Waals surface area contributed by atoms with Crippen LogP contribution in [0.3, 0.4) is 0 Å². The topological polar surface area (TPSA) is 39.2 Å². The van der Waals surface area contributed by atoms with Crippen LogP contribution < -0.4 is 4.74 Å². The first-order valence-electron chi connectivity index (χ1n) is 7.61. The Morgan fingerprint density at radius 2 is 1.91 bits per heavy atom. The van der Waals surface area contributed by atoms with Crippen molar-refractivity contribution in [2.24, 2.45) is 11.3 Å². The molecule has 1 aromatic heterocycles. The normalized spacial score (nSPS) is 22.1. The van der Waals surface area contributed by atoms with E-state index in [9.17, 15) is 4.79 Å². The molecule has 0 saturated heterocycles. The van der Waals surface area contributed by atoms with E-state index < -0.39 is 0 Å². The van der Waals surface area contributed by atoms with Crippen LogP contribution in [0.15, 0.2) is 48.7 Å². The van der Waals surface area contributed by atoms with Crippen LogP contribution in [0.25, 0.3) is 0 Å². The molecule has 1 fully saturated rings. The highest BCUT2D eigenvalue weighted by molar-refractivity contribution is 5.88. The largest absolute Gasteiger partial charge is 0.481 e. The third kappa shape index (κ3) is 2.52. The van der Waals surface area contributed by atoms with E-state index in [1.807, 2.05) is 30.3 Å². The van der Waals surface area contributed by atoms with Gasteiger partial charge in [0.25, 0.3) is 0 Å². The second-order valence-corrected chi connectivity index (χ2v) is 6.50. The molecule has 0 bridgehead atoms. The number of ketones is 1. The Labute approximate surface area is 131 Å². The maximum Gasteiger partial charge on any atom is 0.216 e. The van der Waals surface area contributed by atoms with Gasteiger partial charge in [0.05, 0.1) is 7.11 Å². The van der Waals surface area contributed by atoms with Gasteiger partial charge < -0.3 is 4.74 Å². The van der Waals surface area contributed by atoms with Crippen molar-refractivity contribution in [1.29, 1.82) is 0 Å². The molecule has 3 heteroatoms. The van der Waals surface area contributed by atoms with E-state index in [4.69, 9.17) is 4.74 Å². The summed E-state index contributed by atoms with van der Waals surface area (Å²) < 4.78 is 5.25. The van der Waals surface area contributed by atoms with Crippen molar-refractivity contribution in [3.8, 4) is 5.88 Å². The Kier molecular flexibility index (Phi) is 3.73. The van der Waals surface area contributed by atoms with Crippen molar-refractivity contribution in [2.75, 3.05) is 7.11 Å². The van der Waals surface area contributed by atoms with Gasteiger partial charge in [-0.15, -0.1) is 0 Å². The number of Topliss-reactive ketones (excluding diaryl/α,β-unsaturated/α-hetero) is 1. The van der Waals surface area contributed by atoms with Gasteiger partial charge in [-0.1, -0.05) is 50.2 Å². The number of ether oxygens (including phenoxy) is 1. The number of nitrogens with zero attached hydrogens (tertiary/aromatic N) is 1. The number of rotatable bonds is 5. The predicted molar refractivity (Wildman–Crippen MR) is 86.0 cm³/mol. The molecule has 0 N–H and O–H groups in total. The minimum Gasteiger partial charge on any atom is -0.481 e. The highest BCUT2D eigenvalue weighted by atomic mass is 16.5. The first kappa shape index (κ1) is 14.8. The summed E-state index contributed by atoms with van der Waals surface area (Å²) in [5, 5.41) is 0. The van der Waals surface area contributed by atoms with Gasteiger partial charge in [0, 0.05) is 24.1 Å². The van der Waals surface area contributed by atoms with Gasteiger partial charge in [-0.05, 0) is 23.0 Å². The maximum absolute atomic E-state index is 12.8. The van der Waals surface area contributed by atoms with E-state index in [-0.39, 0.29) is 17.1 Å². The zero-order chi connectivity index (χ0) is 15.7. The third-order valence-electron chi connectivity index (χ3n) is 4.74. The molecule has 0 aliphatic heterocycles. The smallest absolute Gasteiger partial charge is 0.216 e. The highest BCUT2D eigenvalue weighted by Crippen LogP contribution is 2.64. The summed E-state index contributed by atoms with van der Waals surface area (Å²) in [6, 6.07) is 14.1. The van der Waals surface area contributed by atoms with Crippen LogP contribution >= 0.6 is 0 Å². The molecule has 0 spiro atoms. The Balaban J connectivity index is 1.79. The fourth-order valence-electron chi connectivity index (χ4n) is 3.56. The molecule has 1 aromatic carbocycles. The number of carbonyl (C=O) groups is 1. The zero-order valence-corrected chi connectivity index (χ0v) is 13.2. The van der Waals surface area contributed by atoms with Crippen molar-refractivity contribution in [3.05, 3.63) is 59.8 Å². The summed E-state index contributed by atoms with van der Waals surface area (Å²) in [6.45, 7) is 4.35. The summed E-state index contributed by atoms with van der Waals surface area (Å²) in [4.78, 5) is 16.9. The Morgan fingerprint density at radius 3 is 2.59 bits per heavy atom. The Bertz CT molecular complexity index is 679. The number of hydrogen-bond acceptors (Lipinski definition) is 3. The quantitative estimate of drug-likeness (QED) is 0.845. The summed E-state index contributed by atoms with van der Waals surface area (Å²) >= 11 is 0. The number of aromatic nitrogens is 1. The van der Waals surface area contributed by atoms with E-state index in [0.29, 0.717) is 18.2 Å². The van der Waals surface area contributed by atoms with Crippen LogP contribution in [0, 0.1) is 11.3 Å². The molecular weight excluding hydrogens is 274 g/mol. The van der Waals surface area contributed by atoms with Crippen LogP contribution in [0.1, 0.15) is 30.9 Å². The zero-order valence-electron chi connectivity index (χ0n) is 13.2. The monoisotopic (exact) mass is 295 g/mol. The van der Waals surface area contributed by atoms with E-state index >= 15 is 0 Å². The van der Waals surface area contributed by atoms with Crippen LogP contribution in [-0.4, -0.2) is 17.9 Å². The SMILES string of the molecule is COc1ncccc1CC(=O)[C@@H]1[C@@H](c2ccccc2)C1(C)C. The molecule has 1 heterocycles. The van der Waals surface area contributed by atoms with Crippen molar-refractivity contribution in [2.45, 2.75) is 26.2 Å². The highest BCUT2D eigenvalue weighted by Gasteiger charge is 2.61. The van der Waals surface area contributed by atoms with Gasteiger partial charge in [-0.3, -0.25) is 4.79 Å². The number of carbonyl (C=O) groups excluding carboxylic acids is 1. The summed E-state index contributed by atoms with van der Waals surface area (Å²) in [6.07, 6.45) is 2.06. The van der Waals surface area contributed by atoms with E-state index in [1.54, 1.807) is 13.3 Å². The second kappa shape index (κ2) is 5.56. The van der Waals surface area contributed by atoms with Gasteiger partial charge in [0.2, 0.25) is 5.88 Å². The van der Waals surface area contributed by atoms with Crippen molar-refractivity contribution >= 4 is 5.78 Å². The third-order valence-corrected chi connectivity index (χ3v) is 4.74. The van der Waals surface area contributed by atoms with Gasteiger partial charge in [-0.2, -0.15) is 0 Å². The molecule has 1 saturated carbocycles. The minimum absolute atomic E-state index is 0.0217. The lowest BCUT2D eigenvalue weighted by Gasteiger charge is -2.06. The summed E-state index contributed by atoms with van der Waals surface area (Å²) in [5.41, 5.74) is 2.14. The molecule has 114 valence electrons. The summed E-state index contributed by atoms with van der Waals surface area (Å²) in [7, 11) is 1.59. The predicted octanol–water partition coefficient (Wildman–Crippen LogP) is 3.64. The summed E-state index contributed by atoms with van der Waals surface area (Å²) in [5.74, 6) is 1.19. The Hall–Kier alpha value is -2.16. The lowest BCUT2D eigenvalue weighted by molar-refractivity contribution is -0.120. The van der Waals surface area contributed by atoms with Crippen molar-refractivity contribution in [1.82, 2.24) is 4.98 Å². The fraction of sp³-hybridized carbons (Fsp3) is 0.368. The lowest BCUT2D eigenvalue weighted by Crippen LogP contribution is -2.10. The molecule has 22 heavy (non-hydrogen) atoms. The van der Waals surface area contributed by atoms with Gasteiger partial charge in [-0.25, -0.2) is 4.98 Å². The van der Waals surface area contributed by atoms with E-state index in [0.717, 1.165) is 5.56 Å². The van der Waals surface area contributed by atoms with Crippen LogP contribution in [0.4, 0.5) is 0 Å². The minimum atomic E-state index is 0.0217. The van der Waals surface area contributed by atoms with E-state index in [1.165, 1.54) is 5.56 Å². The number of hydrogen-bond donors (Lipinski definition) is 0. The molecule has 2 aromatic rings. The van der Waals surface area contributed by atoms with Crippen molar-refractivity contribution in [3.63, 3.8) is 0 Å². The molecule has 0 unspecified atom stereocenters.